The first-order valence-corrected chi connectivity index (χ1v) is 8.94. The topological polar surface area (TPSA) is 95.9 Å². The highest BCUT2D eigenvalue weighted by atomic mass is 16.5. The molecule has 0 fully saturated rings. The van der Waals surface area contributed by atoms with Gasteiger partial charge in [0.05, 0.1) is 13.2 Å². The SMILES string of the molecule is CCOC(=O)C(CO)NC(=O)c1cccc(/C=C\CCCC(=O)N(C)C)c1. The summed E-state index contributed by atoms with van der Waals surface area (Å²) in [6.45, 7) is 1.29. The van der Waals surface area contributed by atoms with Crippen molar-refractivity contribution in [1.29, 1.82) is 0 Å². The number of esters is 1. The molecule has 0 bridgehead atoms. The Labute approximate surface area is 160 Å². The number of benzene rings is 1. The molecule has 0 aliphatic heterocycles. The third kappa shape index (κ3) is 8.04. The molecule has 0 spiro atoms. The first kappa shape index (κ1) is 22.4. The molecular formula is C20H28N2O5. The van der Waals surface area contributed by atoms with Crippen LogP contribution in [0.2, 0.25) is 0 Å². The highest BCUT2D eigenvalue weighted by molar-refractivity contribution is 5.97. The highest BCUT2D eigenvalue weighted by Gasteiger charge is 2.21. The summed E-state index contributed by atoms with van der Waals surface area (Å²) >= 11 is 0. The van der Waals surface area contributed by atoms with E-state index in [-0.39, 0.29) is 12.5 Å². The van der Waals surface area contributed by atoms with E-state index in [1.165, 1.54) is 0 Å². The lowest BCUT2D eigenvalue weighted by Crippen LogP contribution is -2.44. The number of allylic oxidation sites excluding steroid dienone is 1. The van der Waals surface area contributed by atoms with Crippen LogP contribution < -0.4 is 5.32 Å². The molecule has 27 heavy (non-hydrogen) atoms. The zero-order valence-corrected chi connectivity index (χ0v) is 16.1. The van der Waals surface area contributed by atoms with Crippen LogP contribution in [0.5, 0.6) is 0 Å². The number of nitrogens with zero attached hydrogens (tertiary/aromatic N) is 1. The van der Waals surface area contributed by atoms with Crippen molar-refractivity contribution in [3.8, 4) is 0 Å². The quantitative estimate of drug-likeness (QED) is 0.478. The number of hydrogen-bond acceptors (Lipinski definition) is 5. The van der Waals surface area contributed by atoms with Crippen molar-refractivity contribution in [3.05, 3.63) is 41.5 Å². The van der Waals surface area contributed by atoms with Gasteiger partial charge in [-0.25, -0.2) is 4.79 Å². The molecule has 148 valence electrons. The Morgan fingerprint density at radius 3 is 2.67 bits per heavy atom. The smallest absolute Gasteiger partial charge is 0.331 e. The molecule has 0 aliphatic rings. The van der Waals surface area contributed by atoms with Gasteiger partial charge in [-0.3, -0.25) is 9.59 Å². The maximum absolute atomic E-state index is 12.3. The Kier molecular flexibility index (Phi) is 9.82. The van der Waals surface area contributed by atoms with Crippen molar-refractivity contribution < 1.29 is 24.2 Å². The van der Waals surface area contributed by atoms with Gasteiger partial charge in [-0.2, -0.15) is 0 Å². The average Bonchev–Trinajstić information content (AvgIpc) is 2.65. The molecule has 1 aromatic carbocycles. The molecule has 0 heterocycles. The van der Waals surface area contributed by atoms with E-state index >= 15 is 0 Å². The minimum absolute atomic E-state index is 0.0992. The Morgan fingerprint density at radius 1 is 1.30 bits per heavy atom. The van der Waals surface area contributed by atoms with Gasteiger partial charge in [0, 0.05) is 26.1 Å². The molecular weight excluding hydrogens is 348 g/mol. The van der Waals surface area contributed by atoms with Crippen LogP contribution in [-0.2, 0) is 14.3 Å². The number of carbonyl (C=O) groups excluding carboxylic acids is 3. The fourth-order valence-corrected chi connectivity index (χ4v) is 2.26. The summed E-state index contributed by atoms with van der Waals surface area (Å²) in [6.07, 6.45) is 5.84. The number of amides is 2. The van der Waals surface area contributed by atoms with Gasteiger partial charge in [0.2, 0.25) is 5.91 Å². The largest absolute Gasteiger partial charge is 0.464 e. The second-order valence-corrected chi connectivity index (χ2v) is 6.17. The van der Waals surface area contributed by atoms with Crippen molar-refractivity contribution in [1.82, 2.24) is 10.2 Å². The monoisotopic (exact) mass is 376 g/mol. The van der Waals surface area contributed by atoms with E-state index in [9.17, 15) is 19.5 Å². The number of nitrogens with one attached hydrogen (secondary N) is 1. The van der Waals surface area contributed by atoms with Crippen LogP contribution in [-0.4, -0.2) is 61.1 Å². The Balaban J connectivity index is 2.61. The molecule has 7 nitrogen and oxygen atoms in total. The van der Waals surface area contributed by atoms with Gasteiger partial charge >= 0.3 is 5.97 Å². The number of unbranched alkanes of at least 4 members (excludes halogenated alkanes) is 1. The maximum atomic E-state index is 12.3. The van der Waals surface area contributed by atoms with Crippen LogP contribution in [0.15, 0.2) is 30.3 Å². The highest BCUT2D eigenvalue weighted by Crippen LogP contribution is 2.09. The van der Waals surface area contributed by atoms with Crippen LogP contribution in [0.4, 0.5) is 0 Å². The zero-order chi connectivity index (χ0) is 20.2. The summed E-state index contributed by atoms with van der Waals surface area (Å²) in [5.41, 5.74) is 1.21. The van der Waals surface area contributed by atoms with E-state index in [0.29, 0.717) is 12.0 Å². The number of ether oxygens (including phenoxy) is 1. The number of rotatable bonds is 10. The fourth-order valence-electron chi connectivity index (χ4n) is 2.26. The predicted molar refractivity (Wildman–Crippen MR) is 103 cm³/mol. The Bertz CT molecular complexity index is 670. The van der Waals surface area contributed by atoms with Crippen LogP contribution >= 0.6 is 0 Å². The Hall–Kier alpha value is -2.67. The molecule has 0 saturated carbocycles. The molecule has 1 rings (SSSR count). The molecule has 1 aromatic rings. The minimum Gasteiger partial charge on any atom is -0.464 e. The second-order valence-electron chi connectivity index (χ2n) is 6.17. The lowest BCUT2D eigenvalue weighted by Gasteiger charge is -2.14. The van der Waals surface area contributed by atoms with Crippen molar-refractivity contribution in [3.63, 3.8) is 0 Å². The van der Waals surface area contributed by atoms with Crippen LogP contribution in [0.3, 0.4) is 0 Å². The predicted octanol–water partition coefficient (Wildman–Crippen LogP) is 1.61. The number of aliphatic hydroxyl groups excluding tert-OH is 1. The second kappa shape index (κ2) is 11.9. The van der Waals surface area contributed by atoms with Gasteiger partial charge in [0.15, 0.2) is 6.04 Å². The summed E-state index contributed by atoms with van der Waals surface area (Å²) in [7, 11) is 3.47. The van der Waals surface area contributed by atoms with Gasteiger partial charge in [-0.15, -0.1) is 0 Å². The van der Waals surface area contributed by atoms with Crippen molar-refractivity contribution in [2.45, 2.75) is 32.2 Å². The van der Waals surface area contributed by atoms with Crippen LogP contribution in [0.25, 0.3) is 6.08 Å². The average molecular weight is 376 g/mol. The number of hydrogen-bond donors (Lipinski definition) is 2. The molecule has 1 unspecified atom stereocenters. The molecule has 1 atom stereocenters. The van der Waals surface area contributed by atoms with Crippen molar-refractivity contribution >= 4 is 23.9 Å². The van der Waals surface area contributed by atoms with Gasteiger partial charge < -0.3 is 20.1 Å². The summed E-state index contributed by atoms with van der Waals surface area (Å²) < 4.78 is 4.81. The molecule has 7 heteroatoms. The van der Waals surface area contributed by atoms with Gasteiger partial charge in [0.1, 0.15) is 0 Å². The molecule has 2 N–H and O–H groups in total. The molecule has 0 radical (unpaired) electrons. The Morgan fingerprint density at radius 2 is 2.04 bits per heavy atom. The first-order chi connectivity index (χ1) is 12.9. The fraction of sp³-hybridized carbons (Fsp3) is 0.450. The normalized spacial score (nSPS) is 11.9. The first-order valence-electron chi connectivity index (χ1n) is 8.94. The zero-order valence-electron chi connectivity index (χ0n) is 16.1. The van der Waals surface area contributed by atoms with E-state index in [0.717, 1.165) is 18.4 Å². The molecule has 0 aromatic heterocycles. The van der Waals surface area contributed by atoms with E-state index in [1.807, 2.05) is 18.2 Å². The standard InChI is InChI=1S/C20H28N2O5/c1-4-27-20(26)17(14-23)21-19(25)16-11-8-10-15(13-16)9-6-5-7-12-18(24)22(2)3/h6,8-11,13,17,23H,4-5,7,12,14H2,1-3H3,(H,21,25)/b9-6-. The van der Waals surface area contributed by atoms with Gasteiger partial charge in [0.25, 0.3) is 5.91 Å². The van der Waals surface area contributed by atoms with Crippen molar-refractivity contribution in [2.75, 3.05) is 27.3 Å². The third-order valence-electron chi connectivity index (χ3n) is 3.78. The molecule has 0 saturated heterocycles. The summed E-state index contributed by atoms with van der Waals surface area (Å²) in [5.74, 6) is -1.03. The summed E-state index contributed by atoms with van der Waals surface area (Å²) in [5, 5.41) is 11.7. The maximum Gasteiger partial charge on any atom is 0.331 e. The van der Waals surface area contributed by atoms with E-state index in [2.05, 4.69) is 5.32 Å². The molecule has 0 aliphatic carbocycles. The molecule has 2 amide bonds. The number of carbonyl (C=O) groups is 3. The van der Waals surface area contributed by atoms with Gasteiger partial charge in [-0.05, 0) is 37.5 Å². The lowest BCUT2D eigenvalue weighted by atomic mass is 10.1. The summed E-state index contributed by atoms with van der Waals surface area (Å²) in [6, 6.07) is 5.82. The van der Waals surface area contributed by atoms with E-state index in [1.54, 1.807) is 44.1 Å². The number of aliphatic hydroxyl groups is 1. The third-order valence-corrected chi connectivity index (χ3v) is 3.78. The lowest BCUT2D eigenvalue weighted by molar-refractivity contribution is -0.146. The minimum atomic E-state index is -1.09. The van der Waals surface area contributed by atoms with Crippen LogP contribution in [0, 0.1) is 0 Å². The van der Waals surface area contributed by atoms with Crippen molar-refractivity contribution in [2.24, 2.45) is 0 Å². The van der Waals surface area contributed by atoms with E-state index in [4.69, 9.17) is 4.74 Å². The van der Waals surface area contributed by atoms with Gasteiger partial charge in [-0.1, -0.05) is 24.3 Å². The van der Waals surface area contributed by atoms with Crippen LogP contribution in [0.1, 0.15) is 42.1 Å². The van der Waals surface area contributed by atoms with E-state index < -0.39 is 24.5 Å². The summed E-state index contributed by atoms with van der Waals surface area (Å²) in [4.78, 5) is 37.0.